The van der Waals surface area contributed by atoms with Crippen LogP contribution < -0.4 is 0 Å². The molecule has 3 aliphatic rings. The Morgan fingerprint density at radius 1 is 1.42 bits per heavy atom. The molecule has 3 rings (SSSR count). The minimum Gasteiger partial charge on any atom is -0.461 e. The first kappa shape index (κ1) is 18.8. The van der Waals surface area contributed by atoms with E-state index in [1.165, 1.54) is 6.92 Å². The monoisotopic (exact) mass is 364 g/mol. The van der Waals surface area contributed by atoms with Gasteiger partial charge < -0.3 is 19.3 Å². The summed E-state index contributed by atoms with van der Waals surface area (Å²) in [5.41, 5.74) is -0.865. The Balaban J connectivity index is 2.02. The molecule has 0 amide bonds. The number of epoxide rings is 1. The maximum atomic E-state index is 12.4. The summed E-state index contributed by atoms with van der Waals surface area (Å²) in [6.45, 7) is 10.3. The zero-order chi connectivity index (χ0) is 19.4. The summed E-state index contributed by atoms with van der Waals surface area (Å²) < 4.78 is 16.4. The summed E-state index contributed by atoms with van der Waals surface area (Å²) in [4.78, 5) is 36.7. The maximum absolute atomic E-state index is 12.4. The number of esters is 2. The molecule has 2 fully saturated rings. The number of ketones is 1. The van der Waals surface area contributed by atoms with Crippen molar-refractivity contribution < 1.29 is 33.7 Å². The molecule has 0 aromatic heterocycles. The van der Waals surface area contributed by atoms with Crippen molar-refractivity contribution in [2.24, 2.45) is 11.8 Å². The third-order valence-corrected chi connectivity index (χ3v) is 5.18. The van der Waals surface area contributed by atoms with Gasteiger partial charge in [-0.2, -0.15) is 0 Å². The highest BCUT2D eigenvalue weighted by molar-refractivity contribution is 6.01. The van der Waals surface area contributed by atoms with E-state index in [0.29, 0.717) is 5.57 Å². The summed E-state index contributed by atoms with van der Waals surface area (Å²) in [5, 5.41) is 10.9. The van der Waals surface area contributed by atoms with Crippen LogP contribution in [0.3, 0.4) is 0 Å². The Bertz CT molecular complexity index is 703. The van der Waals surface area contributed by atoms with E-state index >= 15 is 0 Å². The second kappa shape index (κ2) is 6.32. The van der Waals surface area contributed by atoms with E-state index in [0.717, 1.165) is 0 Å². The van der Waals surface area contributed by atoms with E-state index in [1.54, 1.807) is 26.8 Å². The first-order chi connectivity index (χ1) is 12.0. The van der Waals surface area contributed by atoms with Crippen LogP contribution in [0.2, 0.25) is 0 Å². The number of rotatable bonds is 2. The van der Waals surface area contributed by atoms with Crippen LogP contribution in [-0.2, 0) is 28.6 Å². The molecule has 2 aliphatic heterocycles. The molecule has 1 N–H and O–H groups in total. The Morgan fingerprint density at radius 2 is 2.08 bits per heavy atom. The van der Waals surface area contributed by atoms with Crippen molar-refractivity contribution in [1.29, 1.82) is 0 Å². The Hall–Kier alpha value is -1.99. The molecule has 0 saturated carbocycles. The molecule has 7 heteroatoms. The van der Waals surface area contributed by atoms with Gasteiger partial charge in [-0.3, -0.25) is 9.59 Å². The lowest BCUT2D eigenvalue weighted by Crippen LogP contribution is -2.44. The highest BCUT2D eigenvalue weighted by Crippen LogP contribution is 2.43. The number of aliphatic hydroxyl groups is 1. The summed E-state index contributed by atoms with van der Waals surface area (Å²) in [6, 6.07) is 0. The summed E-state index contributed by atoms with van der Waals surface area (Å²) in [5.74, 6) is -2.33. The van der Waals surface area contributed by atoms with Crippen molar-refractivity contribution in [3.63, 3.8) is 0 Å². The molecule has 2 saturated heterocycles. The van der Waals surface area contributed by atoms with Gasteiger partial charge in [-0.1, -0.05) is 20.4 Å². The van der Waals surface area contributed by atoms with Gasteiger partial charge in [-0.25, -0.2) is 4.79 Å². The van der Waals surface area contributed by atoms with Gasteiger partial charge in [0.05, 0.1) is 17.4 Å². The van der Waals surface area contributed by atoms with Gasteiger partial charge in [-0.05, 0) is 25.5 Å². The maximum Gasteiger partial charge on any atom is 0.334 e. The Kier molecular flexibility index (Phi) is 4.56. The molecule has 0 aromatic rings. The van der Waals surface area contributed by atoms with Gasteiger partial charge in [0.2, 0.25) is 0 Å². The first-order valence-electron chi connectivity index (χ1n) is 8.73. The minimum absolute atomic E-state index is 0.00359. The number of ether oxygens (including phenoxy) is 3. The average molecular weight is 364 g/mol. The first-order valence-corrected chi connectivity index (χ1v) is 8.73. The minimum atomic E-state index is -1.41. The SMILES string of the molecule is C=C1C(=O)O[C@@H]2/C=C(/C)C(=O)[C@@H]3O[C@H]3[C@](C)(O)C[C@@H](OC(=O)C(C)C)[C@H]12. The number of Topliss-reactive ketones (excluding diaryl/α,β-unsaturated/α-hetero) is 1. The van der Waals surface area contributed by atoms with E-state index in [4.69, 9.17) is 14.2 Å². The predicted molar refractivity (Wildman–Crippen MR) is 89.9 cm³/mol. The molecule has 142 valence electrons. The number of carbonyl (C=O) groups excluding carboxylic acids is 3. The Morgan fingerprint density at radius 3 is 2.69 bits per heavy atom. The van der Waals surface area contributed by atoms with E-state index in [9.17, 15) is 19.5 Å². The number of fused-ring (bicyclic) bond motifs is 2. The summed E-state index contributed by atoms with van der Waals surface area (Å²) >= 11 is 0. The van der Waals surface area contributed by atoms with E-state index in [-0.39, 0.29) is 23.7 Å². The second-order valence-corrected chi connectivity index (χ2v) is 7.80. The topological polar surface area (TPSA) is 102 Å². The van der Waals surface area contributed by atoms with Crippen LogP contribution in [0, 0.1) is 11.8 Å². The lowest BCUT2D eigenvalue weighted by Gasteiger charge is -2.32. The van der Waals surface area contributed by atoms with Crippen molar-refractivity contribution in [3.8, 4) is 0 Å². The predicted octanol–water partition coefficient (Wildman–Crippen LogP) is 1.09. The molecule has 2 heterocycles. The van der Waals surface area contributed by atoms with Gasteiger partial charge in [0.25, 0.3) is 0 Å². The zero-order valence-electron chi connectivity index (χ0n) is 15.4. The van der Waals surface area contributed by atoms with Crippen molar-refractivity contribution >= 4 is 17.7 Å². The highest BCUT2D eigenvalue weighted by atomic mass is 16.6. The molecule has 0 spiro atoms. The average Bonchev–Trinajstić information content (AvgIpc) is 3.29. The fourth-order valence-corrected chi connectivity index (χ4v) is 3.57. The van der Waals surface area contributed by atoms with Gasteiger partial charge in [-0.15, -0.1) is 0 Å². The number of carbonyl (C=O) groups is 3. The zero-order valence-corrected chi connectivity index (χ0v) is 15.4. The molecule has 26 heavy (non-hydrogen) atoms. The smallest absolute Gasteiger partial charge is 0.334 e. The quantitative estimate of drug-likeness (QED) is 0.444. The fourth-order valence-electron chi connectivity index (χ4n) is 3.57. The van der Waals surface area contributed by atoms with Crippen LogP contribution >= 0.6 is 0 Å². The number of hydrogen-bond donors (Lipinski definition) is 1. The molecule has 1 aliphatic carbocycles. The molecule has 0 aromatic carbocycles. The molecular weight excluding hydrogens is 340 g/mol. The molecule has 7 nitrogen and oxygen atoms in total. The molecule has 0 bridgehead atoms. The molecule has 0 unspecified atom stereocenters. The van der Waals surface area contributed by atoms with Crippen molar-refractivity contribution in [2.75, 3.05) is 0 Å². The third-order valence-electron chi connectivity index (χ3n) is 5.18. The Labute approximate surface area is 152 Å². The van der Waals surface area contributed by atoms with Gasteiger partial charge in [0.1, 0.15) is 24.4 Å². The standard InChI is InChI=1S/C19H24O7/c1-8(2)17(21)25-12-7-19(5,23)16-15(26-16)14(20)9(3)6-11-13(12)10(4)18(22)24-11/h6,8,11-13,15-16,23H,4,7H2,1-3,5H3/b9-6-/t11-,12-,13-,15+,16-,19-/m1/s1. The third kappa shape index (κ3) is 3.21. The van der Waals surface area contributed by atoms with Crippen LogP contribution in [0.5, 0.6) is 0 Å². The van der Waals surface area contributed by atoms with Gasteiger partial charge in [0.15, 0.2) is 5.78 Å². The van der Waals surface area contributed by atoms with Crippen LogP contribution in [0.25, 0.3) is 0 Å². The summed E-state index contributed by atoms with van der Waals surface area (Å²) in [6.07, 6.45) is -1.47. The van der Waals surface area contributed by atoms with Gasteiger partial charge in [0, 0.05) is 12.0 Å². The van der Waals surface area contributed by atoms with Crippen LogP contribution in [0.4, 0.5) is 0 Å². The molecular formula is C19H24O7. The lowest BCUT2D eigenvalue weighted by molar-refractivity contribution is -0.160. The van der Waals surface area contributed by atoms with Gasteiger partial charge >= 0.3 is 11.9 Å². The van der Waals surface area contributed by atoms with Crippen molar-refractivity contribution in [3.05, 3.63) is 23.8 Å². The molecule has 0 radical (unpaired) electrons. The molecule has 6 atom stereocenters. The second-order valence-electron chi connectivity index (χ2n) is 7.80. The van der Waals surface area contributed by atoms with Crippen LogP contribution in [-0.4, -0.2) is 52.8 Å². The lowest BCUT2D eigenvalue weighted by atomic mass is 9.80. The van der Waals surface area contributed by atoms with E-state index in [2.05, 4.69) is 6.58 Å². The van der Waals surface area contributed by atoms with Crippen molar-refractivity contribution in [2.45, 2.75) is 64.1 Å². The van der Waals surface area contributed by atoms with Crippen molar-refractivity contribution in [1.82, 2.24) is 0 Å². The number of hydrogen-bond acceptors (Lipinski definition) is 7. The normalized spacial score (nSPS) is 41.7. The fraction of sp³-hybridized carbons (Fsp3) is 0.632. The van der Waals surface area contributed by atoms with Crippen LogP contribution in [0.15, 0.2) is 23.8 Å². The van der Waals surface area contributed by atoms with Crippen LogP contribution in [0.1, 0.15) is 34.1 Å². The van der Waals surface area contributed by atoms with E-state index < -0.39 is 47.9 Å². The van der Waals surface area contributed by atoms with E-state index in [1.807, 2.05) is 0 Å². The highest BCUT2D eigenvalue weighted by Gasteiger charge is 2.58. The largest absolute Gasteiger partial charge is 0.461 e. The summed E-state index contributed by atoms with van der Waals surface area (Å²) in [7, 11) is 0.